The van der Waals surface area contributed by atoms with E-state index in [-0.39, 0.29) is 25.1 Å². The second-order valence-electron chi connectivity index (χ2n) is 5.59. The van der Waals surface area contributed by atoms with E-state index in [1.807, 2.05) is 0 Å². The van der Waals surface area contributed by atoms with E-state index in [9.17, 15) is 18.7 Å². The first-order valence-corrected chi connectivity index (χ1v) is 7.50. The summed E-state index contributed by atoms with van der Waals surface area (Å²) in [5, 5.41) is 9.86. The molecule has 7 heteroatoms. The van der Waals surface area contributed by atoms with E-state index in [2.05, 4.69) is 4.98 Å². The second kappa shape index (κ2) is 6.92. The number of aromatic nitrogens is 1. The zero-order valence-electron chi connectivity index (χ0n) is 12.7. The van der Waals surface area contributed by atoms with Gasteiger partial charge in [-0.05, 0) is 36.8 Å². The number of likely N-dealkylation sites (tertiary alicyclic amines) is 1. The van der Waals surface area contributed by atoms with Crippen LogP contribution in [0.4, 0.5) is 8.78 Å². The summed E-state index contributed by atoms with van der Waals surface area (Å²) < 4.78 is 32.8. The highest BCUT2D eigenvalue weighted by atomic mass is 19.1. The number of amides is 1. The van der Waals surface area contributed by atoms with Crippen LogP contribution in [0.5, 0.6) is 5.75 Å². The first-order valence-electron chi connectivity index (χ1n) is 7.50. The van der Waals surface area contributed by atoms with E-state index in [1.165, 1.54) is 11.1 Å². The van der Waals surface area contributed by atoms with Gasteiger partial charge in [-0.1, -0.05) is 0 Å². The van der Waals surface area contributed by atoms with Gasteiger partial charge >= 0.3 is 0 Å². The van der Waals surface area contributed by atoms with Gasteiger partial charge in [0.05, 0.1) is 18.3 Å². The molecule has 0 bridgehead atoms. The first-order chi connectivity index (χ1) is 11.5. The van der Waals surface area contributed by atoms with E-state index >= 15 is 0 Å². The van der Waals surface area contributed by atoms with Gasteiger partial charge in [-0.2, -0.15) is 0 Å². The van der Waals surface area contributed by atoms with Gasteiger partial charge in [-0.15, -0.1) is 0 Å². The highest BCUT2D eigenvalue weighted by molar-refractivity contribution is 5.78. The summed E-state index contributed by atoms with van der Waals surface area (Å²) in [7, 11) is 0. The molecule has 0 unspecified atom stereocenters. The Morgan fingerprint density at radius 2 is 2.21 bits per heavy atom. The average molecular weight is 334 g/mol. The number of nitrogens with zero attached hydrogens (tertiary/aromatic N) is 2. The third-order valence-corrected chi connectivity index (χ3v) is 3.91. The number of pyridine rings is 1. The summed E-state index contributed by atoms with van der Waals surface area (Å²) in [4.78, 5) is 17.6. The number of ether oxygens (including phenoxy) is 1. The highest BCUT2D eigenvalue weighted by Crippen LogP contribution is 2.34. The van der Waals surface area contributed by atoms with Crippen LogP contribution in [0.1, 0.15) is 18.0 Å². The first kappa shape index (κ1) is 16.3. The Hall–Kier alpha value is -2.54. The molecule has 5 nitrogen and oxygen atoms in total. The van der Waals surface area contributed by atoms with Crippen LogP contribution in [0, 0.1) is 11.6 Å². The summed E-state index contributed by atoms with van der Waals surface area (Å²) in [6.07, 6.45) is 2.41. The van der Waals surface area contributed by atoms with Gasteiger partial charge in [0.15, 0.2) is 6.61 Å². The normalized spacial score (nSPS) is 20.2. The van der Waals surface area contributed by atoms with Crippen LogP contribution in [0.15, 0.2) is 42.7 Å². The van der Waals surface area contributed by atoms with Crippen LogP contribution in [-0.4, -0.2) is 40.2 Å². The number of halogens is 2. The fraction of sp³-hybridized carbons (Fsp3) is 0.294. The van der Waals surface area contributed by atoms with Gasteiger partial charge in [0.2, 0.25) is 0 Å². The number of aliphatic hydroxyl groups excluding tert-OH is 1. The van der Waals surface area contributed by atoms with Crippen molar-refractivity contribution in [1.82, 2.24) is 9.88 Å². The maximum atomic E-state index is 14.0. The van der Waals surface area contributed by atoms with Crippen LogP contribution >= 0.6 is 0 Å². The third kappa shape index (κ3) is 3.51. The van der Waals surface area contributed by atoms with Crippen molar-refractivity contribution in [1.29, 1.82) is 0 Å². The molecule has 1 aliphatic heterocycles. The molecular formula is C17H16F2N2O3. The molecule has 1 fully saturated rings. The van der Waals surface area contributed by atoms with Crippen molar-refractivity contribution in [3.8, 4) is 5.75 Å². The standard InChI is InChI=1S/C17H16F2N2O3/c18-11-3-4-15(19)14(6-11)16-7-12(22)9-21(16)17(23)10-24-13-2-1-5-20-8-13/h1-6,8,12,16,22H,7,9-10H2/t12-,16+/m1/s1. The molecule has 0 aliphatic carbocycles. The zero-order chi connectivity index (χ0) is 17.1. The minimum atomic E-state index is -0.792. The molecule has 3 rings (SSSR count). The zero-order valence-corrected chi connectivity index (χ0v) is 12.7. The lowest BCUT2D eigenvalue weighted by molar-refractivity contribution is -0.134. The van der Waals surface area contributed by atoms with Gasteiger partial charge in [0.1, 0.15) is 17.4 Å². The van der Waals surface area contributed by atoms with Crippen LogP contribution < -0.4 is 4.74 Å². The Morgan fingerprint density at radius 1 is 1.38 bits per heavy atom. The van der Waals surface area contributed by atoms with Crippen molar-refractivity contribution < 1.29 is 23.4 Å². The summed E-state index contributed by atoms with van der Waals surface area (Å²) in [6.45, 7) is -0.221. The Labute approximate surface area is 137 Å². The largest absolute Gasteiger partial charge is 0.482 e. The predicted octanol–water partition coefficient (Wildman–Crippen LogP) is 2.07. The van der Waals surface area contributed by atoms with E-state index in [0.29, 0.717) is 5.75 Å². The Kier molecular flexibility index (Phi) is 4.71. The second-order valence-corrected chi connectivity index (χ2v) is 5.59. The summed E-state index contributed by atoms with van der Waals surface area (Å²) in [5.74, 6) is -1.18. The third-order valence-electron chi connectivity index (χ3n) is 3.91. The molecule has 1 aromatic carbocycles. The maximum absolute atomic E-state index is 14.0. The van der Waals surface area contributed by atoms with Crippen LogP contribution in [0.25, 0.3) is 0 Å². The Morgan fingerprint density at radius 3 is 2.96 bits per heavy atom. The Bertz CT molecular complexity index is 727. The van der Waals surface area contributed by atoms with E-state index in [0.717, 1.165) is 18.2 Å². The lowest BCUT2D eigenvalue weighted by atomic mass is 10.0. The summed E-state index contributed by atoms with van der Waals surface area (Å²) in [5.41, 5.74) is 0.0567. The molecule has 0 radical (unpaired) electrons. The average Bonchev–Trinajstić information content (AvgIpc) is 2.97. The molecule has 1 N–H and O–H groups in total. The number of benzene rings is 1. The number of hydrogen-bond donors (Lipinski definition) is 1. The molecule has 2 heterocycles. The predicted molar refractivity (Wildman–Crippen MR) is 81.2 cm³/mol. The minimum absolute atomic E-state index is 0.0514. The molecule has 0 saturated carbocycles. The number of carbonyl (C=O) groups excluding carboxylic acids is 1. The molecule has 2 atom stereocenters. The van der Waals surface area contributed by atoms with Crippen molar-refractivity contribution in [2.45, 2.75) is 18.6 Å². The number of aliphatic hydroxyl groups is 1. The van der Waals surface area contributed by atoms with Gasteiger partial charge < -0.3 is 14.7 Å². The number of carbonyl (C=O) groups is 1. The van der Waals surface area contributed by atoms with E-state index in [1.54, 1.807) is 18.3 Å². The van der Waals surface area contributed by atoms with Crippen molar-refractivity contribution in [3.05, 3.63) is 59.9 Å². The van der Waals surface area contributed by atoms with Crippen molar-refractivity contribution >= 4 is 5.91 Å². The quantitative estimate of drug-likeness (QED) is 0.930. The monoisotopic (exact) mass is 334 g/mol. The SMILES string of the molecule is O=C(COc1cccnc1)N1C[C@H](O)C[C@H]1c1cc(F)ccc1F. The van der Waals surface area contributed by atoms with Crippen molar-refractivity contribution in [2.24, 2.45) is 0 Å². The topological polar surface area (TPSA) is 62.7 Å². The number of hydrogen-bond acceptors (Lipinski definition) is 4. The van der Waals surface area contributed by atoms with Gasteiger partial charge in [0, 0.05) is 18.3 Å². The van der Waals surface area contributed by atoms with Gasteiger partial charge in [-0.25, -0.2) is 8.78 Å². The summed E-state index contributed by atoms with van der Waals surface area (Å²) in [6, 6.07) is 5.69. The van der Waals surface area contributed by atoms with Crippen molar-refractivity contribution in [2.75, 3.05) is 13.2 Å². The molecule has 126 valence electrons. The van der Waals surface area contributed by atoms with E-state index < -0.39 is 29.7 Å². The molecule has 1 aromatic heterocycles. The number of β-amino-alcohol motifs (C(OH)–C–C–N with tert-alkyl or cyclic N) is 1. The van der Waals surface area contributed by atoms with Crippen LogP contribution in [0.2, 0.25) is 0 Å². The molecule has 0 spiro atoms. The minimum Gasteiger partial charge on any atom is -0.482 e. The molecule has 1 saturated heterocycles. The molecule has 24 heavy (non-hydrogen) atoms. The fourth-order valence-electron chi connectivity index (χ4n) is 2.81. The van der Waals surface area contributed by atoms with Crippen LogP contribution in [-0.2, 0) is 4.79 Å². The fourth-order valence-corrected chi connectivity index (χ4v) is 2.81. The maximum Gasteiger partial charge on any atom is 0.261 e. The number of rotatable bonds is 4. The lowest BCUT2D eigenvalue weighted by Gasteiger charge is -2.25. The van der Waals surface area contributed by atoms with Crippen molar-refractivity contribution in [3.63, 3.8) is 0 Å². The van der Waals surface area contributed by atoms with E-state index in [4.69, 9.17) is 4.74 Å². The highest BCUT2D eigenvalue weighted by Gasteiger charge is 2.36. The smallest absolute Gasteiger partial charge is 0.261 e. The molecule has 2 aromatic rings. The summed E-state index contributed by atoms with van der Waals surface area (Å²) >= 11 is 0. The lowest BCUT2D eigenvalue weighted by Crippen LogP contribution is -2.35. The van der Waals surface area contributed by atoms with Crippen LogP contribution in [0.3, 0.4) is 0 Å². The Balaban J connectivity index is 1.75. The van der Waals surface area contributed by atoms with Gasteiger partial charge in [-0.3, -0.25) is 9.78 Å². The molecule has 1 amide bonds. The molecular weight excluding hydrogens is 318 g/mol. The van der Waals surface area contributed by atoms with Gasteiger partial charge in [0.25, 0.3) is 5.91 Å². The molecule has 1 aliphatic rings.